The van der Waals surface area contributed by atoms with Crippen molar-refractivity contribution >= 4 is 17.5 Å². The summed E-state index contributed by atoms with van der Waals surface area (Å²) in [5.41, 5.74) is 2.70. The highest BCUT2D eigenvalue weighted by Crippen LogP contribution is 2.28. The fourth-order valence-electron chi connectivity index (χ4n) is 5.28. The minimum absolute atomic E-state index is 0.0359. The van der Waals surface area contributed by atoms with E-state index < -0.39 is 0 Å². The Morgan fingerprint density at radius 1 is 1.13 bits per heavy atom. The van der Waals surface area contributed by atoms with Gasteiger partial charge in [0.15, 0.2) is 0 Å². The molecule has 1 saturated heterocycles. The Kier molecular flexibility index (Phi) is 7.34. The zero-order chi connectivity index (χ0) is 21.8. The van der Waals surface area contributed by atoms with Crippen molar-refractivity contribution in [1.82, 2.24) is 19.8 Å². The number of aromatic nitrogens is 2. The molecule has 0 unspecified atom stereocenters. The Morgan fingerprint density at radius 2 is 1.87 bits per heavy atom. The maximum absolute atomic E-state index is 13.1. The lowest BCUT2D eigenvalue weighted by Gasteiger charge is -2.34. The molecule has 4 rings (SSSR count). The molecule has 31 heavy (non-hydrogen) atoms. The number of hydrogen-bond donors (Lipinski definition) is 1. The number of nitrogens with one attached hydrogen (secondary N) is 1. The van der Waals surface area contributed by atoms with Crippen LogP contribution in [0.2, 0.25) is 5.02 Å². The third kappa shape index (κ3) is 5.50. The number of hydrogen-bond acceptors (Lipinski definition) is 3. The second-order valence-electron chi connectivity index (χ2n) is 9.51. The maximum Gasteiger partial charge on any atom is 0.271 e. The molecule has 0 aliphatic carbocycles. The summed E-state index contributed by atoms with van der Waals surface area (Å²) in [4.78, 5) is 20.4. The van der Waals surface area contributed by atoms with Crippen LogP contribution in [0.5, 0.6) is 0 Å². The topological polar surface area (TPSA) is 50.2 Å². The molecule has 2 aromatic rings. The van der Waals surface area contributed by atoms with Crippen LogP contribution in [0.3, 0.4) is 0 Å². The summed E-state index contributed by atoms with van der Waals surface area (Å²) >= 11 is 6.07. The van der Waals surface area contributed by atoms with E-state index in [2.05, 4.69) is 28.6 Å². The van der Waals surface area contributed by atoms with E-state index in [0.717, 1.165) is 67.7 Å². The molecule has 0 spiro atoms. The highest BCUT2D eigenvalue weighted by molar-refractivity contribution is 6.30. The Morgan fingerprint density at radius 3 is 2.61 bits per heavy atom. The number of nitrogens with zero attached hydrogens (tertiary/aromatic N) is 3. The van der Waals surface area contributed by atoms with E-state index in [0.29, 0.717) is 17.3 Å². The smallest absolute Gasteiger partial charge is 0.271 e. The lowest BCUT2D eigenvalue weighted by Crippen LogP contribution is -2.40. The van der Waals surface area contributed by atoms with Crippen LogP contribution in [0.15, 0.2) is 24.3 Å². The molecule has 3 heterocycles. The summed E-state index contributed by atoms with van der Waals surface area (Å²) in [6.45, 7) is 9.70. The lowest BCUT2D eigenvalue weighted by atomic mass is 9.92. The van der Waals surface area contributed by atoms with Crippen molar-refractivity contribution < 1.29 is 4.79 Å². The molecule has 1 aromatic heterocycles. The quantitative estimate of drug-likeness (QED) is 0.638. The molecule has 1 N–H and O–H groups in total. The Bertz CT molecular complexity index is 882. The molecule has 0 bridgehead atoms. The molecule has 0 saturated carbocycles. The first kappa shape index (κ1) is 22.3. The van der Waals surface area contributed by atoms with Crippen molar-refractivity contribution in [3.63, 3.8) is 0 Å². The van der Waals surface area contributed by atoms with Crippen LogP contribution in [0.25, 0.3) is 11.4 Å². The van der Waals surface area contributed by atoms with Gasteiger partial charge in [-0.15, -0.1) is 0 Å². The highest BCUT2D eigenvalue weighted by atomic mass is 35.5. The van der Waals surface area contributed by atoms with Gasteiger partial charge in [0.25, 0.3) is 5.91 Å². The molecule has 2 aliphatic rings. The predicted molar refractivity (Wildman–Crippen MR) is 127 cm³/mol. The minimum Gasteiger partial charge on any atom is -0.351 e. The van der Waals surface area contributed by atoms with Crippen molar-refractivity contribution in [1.29, 1.82) is 0 Å². The number of carbonyl (C=O) groups is 1. The molecule has 1 fully saturated rings. The zero-order valence-corrected chi connectivity index (χ0v) is 19.6. The van der Waals surface area contributed by atoms with Crippen molar-refractivity contribution in [3.8, 4) is 11.4 Å². The van der Waals surface area contributed by atoms with Gasteiger partial charge in [-0.2, -0.15) is 0 Å². The van der Waals surface area contributed by atoms with Gasteiger partial charge in [0.1, 0.15) is 11.5 Å². The molecular formula is C25H35ClN4O. The van der Waals surface area contributed by atoms with E-state index in [9.17, 15) is 4.79 Å². The van der Waals surface area contributed by atoms with E-state index >= 15 is 0 Å². The van der Waals surface area contributed by atoms with E-state index in [1.807, 2.05) is 24.3 Å². The molecule has 1 amide bonds. The summed E-state index contributed by atoms with van der Waals surface area (Å²) in [6, 6.07) is 7.75. The van der Waals surface area contributed by atoms with E-state index in [1.54, 1.807) is 0 Å². The van der Waals surface area contributed by atoms with Crippen LogP contribution >= 0.6 is 11.6 Å². The number of piperidine rings is 1. The van der Waals surface area contributed by atoms with Gasteiger partial charge in [-0.1, -0.05) is 31.9 Å². The van der Waals surface area contributed by atoms with Gasteiger partial charge in [-0.3, -0.25) is 4.79 Å². The largest absolute Gasteiger partial charge is 0.351 e. The van der Waals surface area contributed by atoms with E-state index in [-0.39, 0.29) is 5.91 Å². The van der Waals surface area contributed by atoms with Crippen LogP contribution in [0.1, 0.15) is 62.1 Å². The Balaban J connectivity index is 1.42. The third-order valence-electron chi connectivity index (χ3n) is 6.57. The Labute approximate surface area is 191 Å². The monoisotopic (exact) mass is 442 g/mol. The van der Waals surface area contributed by atoms with Crippen LogP contribution in [0.4, 0.5) is 0 Å². The van der Waals surface area contributed by atoms with Crippen LogP contribution in [-0.2, 0) is 13.0 Å². The SMILES string of the molecule is C[C@H]1C[C@H](C)CN(CCCNC(=O)c2nc(-c3ccc(Cl)cc3)n3c2CCCCC3)C1. The van der Waals surface area contributed by atoms with Gasteiger partial charge >= 0.3 is 0 Å². The average molecular weight is 443 g/mol. The van der Waals surface area contributed by atoms with Gasteiger partial charge in [-0.05, 0) is 74.8 Å². The number of amides is 1. The number of imidazole rings is 1. The normalized spacial score (nSPS) is 22.0. The number of halogens is 1. The molecule has 6 heteroatoms. The fourth-order valence-corrected chi connectivity index (χ4v) is 5.41. The predicted octanol–water partition coefficient (Wildman–Crippen LogP) is 5.03. The van der Waals surface area contributed by atoms with Crippen LogP contribution in [0, 0.1) is 11.8 Å². The van der Waals surface area contributed by atoms with E-state index in [4.69, 9.17) is 16.6 Å². The number of fused-ring (bicyclic) bond motifs is 1. The first-order valence-corrected chi connectivity index (χ1v) is 12.2. The van der Waals surface area contributed by atoms with Gasteiger partial charge < -0.3 is 14.8 Å². The maximum atomic E-state index is 13.1. The molecule has 1 aromatic carbocycles. The summed E-state index contributed by atoms with van der Waals surface area (Å²) in [5.74, 6) is 2.39. The Hall–Kier alpha value is -1.85. The van der Waals surface area contributed by atoms with Crippen molar-refractivity contribution in [2.24, 2.45) is 11.8 Å². The van der Waals surface area contributed by atoms with Crippen molar-refractivity contribution in [3.05, 3.63) is 40.7 Å². The summed E-state index contributed by atoms with van der Waals surface area (Å²) in [6.07, 6.45) is 6.64. The van der Waals surface area contributed by atoms with Gasteiger partial charge in [0.2, 0.25) is 0 Å². The standard InChI is InChI=1S/C25H35ClN4O/c1-18-15-19(2)17-29(16-18)13-6-12-27-25(31)23-22-7-4-3-5-14-30(22)24(28-23)20-8-10-21(26)11-9-20/h8-11,18-19H,3-7,12-17H2,1-2H3,(H,27,31)/t18-,19-/m0/s1. The summed E-state index contributed by atoms with van der Waals surface area (Å²) in [5, 5.41) is 3.85. The van der Waals surface area contributed by atoms with Gasteiger partial charge in [0.05, 0.1) is 5.69 Å². The zero-order valence-electron chi connectivity index (χ0n) is 18.9. The molecule has 0 radical (unpaired) electrons. The molecule has 2 aliphatic heterocycles. The summed E-state index contributed by atoms with van der Waals surface area (Å²) < 4.78 is 2.25. The average Bonchev–Trinajstić information content (AvgIpc) is 2.92. The third-order valence-corrected chi connectivity index (χ3v) is 6.82. The summed E-state index contributed by atoms with van der Waals surface area (Å²) in [7, 11) is 0. The lowest BCUT2D eigenvalue weighted by molar-refractivity contribution is 0.0941. The number of benzene rings is 1. The minimum atomic E-state index is -0.0359. The van der Waals surface area contributed by atoms with Gasteiger partial charge in [0, 0.05) is 36.8 Å². The number of likely N-dealkylation sites (tertiary alicyclic amines) is 1. The number of rotatable bonds is 6. The van der Waals surface area contributed by atoms with Crippen LogP contribution in [-0.4, -0.2) is 46.5 Å². The fraction of sp³-hybridized carbons (Fsp3) is 0.600. The van der Waals surface area contributed by atoms with Crippen molar-refractivity contribution in [2.75, 3.05) is 26.2 Å². The molecule has 2 atom stereocenters. The molecule has 168 valence electrons. The van der Waals surface area contributed by atoms with Gasteiger partial charge in [-0.25, -0.2) is 4.98 Å². The van der Waals surface area contributed by atoms with Crippen molar-refractivity contribution in [2.45, 2.75) is 58.9 Å². The second kappa shape index (κ2) is 10.2. The van der Waals surface area contributed by atoms with E-state index in [1.165, 1.54) is 25.9 Å². The first-order valence-electron chi connectivity index (χ1n) is 11.9. The first-order chi connectivity index (χ1) is 15.0. The molecular weight excluding hydrogens is 408 g/mol. The highest BCUT2D eigenvalue weighted by Gasteiger charge is 2.25. The van der Waals surface area contributed by atoms with Crippen LogP contribution < -0.4 is 5.32 Å². The molecule has 5 nitrogen and oxygen atoms in total. The number of carbonyl (C=O) groups excluding carboxylic acids is 1. The second-order valence-corrected chi connectivity index (χ2v) is 9.95.